The Balaban J connectivity index is 0.00000320. The number of hydrogen-bond acceptors (Lipinski definition) is 4. The minimum atomic E-state index is -3.61. The van der Waals surface area contributed by atoms with E-state index in [0.717, 1.165) is 21.1 Å². The molecular formula is C21H25ClFN3O3S. The van der Waals surface area contributed by atoms with Crippen molar-refractivity contribution in [2.75, 3.05) is 20.6 Å². The van der Waals surface area contributed by atoms with Crippen LogP contribution >= 0.6 is 12.4 Å². The number of hydrogen-bond donors (Lipinski definition) is 2. The SMILES string of the molecule is Cc1c(-c2cccc(S(=O)(=O)N(C)C)c2)c2cc(O)ccc2n1CC(F)=CCN.Cl. The number of phenolic OH excluding ortho intramolecular Hbond substituents is 1. The van der Waals surface area contributed by atoms with Gasteiger partial charge in [0.2, 0.25) is 10.0 Å². The second-order valence-electron chi connectivity index (χ2n) is 6.95. The second kappa shape index (κ2) is 9.18. The summed E-state index contributed by atoms with van der Waals surface area (Å²) in [4.78, 5) is 0.162. The van der Waals surface area contributed by atoms with Gasteiger partial charge in [0.05, 0.1) is 11.4 Å². The van der Waals surface area contributed by atoms with Crippen LogP contribution in [-0.2, 0) is 16.6 Å². The Labute approximate surface area is 181 Å². The average molecular weight is 454 g/mol. The molecule has 0 amide bonds. The van der Waals surface area contributed by atoms with Crippen LogP contribution < -0.4 is 5.73 Å². The molecule has 0 aliphatic rings. The molecule has 162 valence electrons. The lowest BCUT2D eigenvalue weighted by molar-refractivity contribution is 0.476. The third-order valence-electron chi connectivity index (χ3n) is 4.86. The molecule has 1 aromatic heterocycles. The van der Waals surface area contributed by atoms with Crippen LogP contribution in [0.5, 0.6) is 5.75 Å². The first-order valence-corrected chi connectivity index (χ1v) is 10.5. The van der Waals surface area contributed by atoms with Crippen LogP contribution in [0.25, 0.3) is 22.0 Å². The predicted molar refractivity (Wildman–Crippen MR) is 120 cm³/mol. The first kappa shape index (κ1) is 23.9. The van der Waals surface area contributed by atoms with Crippen molar-refractivity contribution in [3.8, 4) is 16.9 Å². The van der Waals surface area contributed by atoms with Gasteiger partial charge >= 0.3 is 0 Å². The molecule has 2 aromatic carbocycles. The van der Waals surface area contributed by atoms with Crippen molar-refractivity contribution in [1.82, 2.24) is 8.87 Å². The van der Waals surface area contributed by atoms with E-state index in [1.165, 1.54) is 26.2 Å². The maximum absolute atomic E-state index is 14.2. The van der Waals surface area contributed by atoms with Gasteiger partial charge in [0.25, 0.3) is 0 Å². The van der Waals surface area contributed by atoms with Gasteiger partial charge in [0.15, 0.2) is 0 Å². The van der Waals surface area contributed by atoms with Crippen molar-refractivity contribution in [2.24, 2.45) is 5.73 Å². The van der Waals surface area contributed by atoms with E-state index < -0.39 is 10.0 Å². The zero-order chi connectivity index (χ0) is 21.3. The lowest BCUT2D eigenvalue weighted by Crippen LogP contribution is -2.22. The first-order chi connectivity index (χ1) is 13.7. The molecule has 0 radical (unpaired) electrons. The lowest BCUT2D eigenvalue weighted by Gasteiger charge is -2.13. The van der Waals surface area contributed by atoms with Gasteiger partial charge in [-0.2, -0.15) is 0 Å². The summed E-state index contributed by atoms with van der Waals surface area (Å²) in [7, 11) is -0.655. The maximum Gasteiger partial charge on any atom is 0.242 e. The van der Waals surface area contributed by atoms with Crippen molar-refractivity contribution >= 4 is 33.3 Å². The molecule has 0 saturated heterocycles. The van der Waals surface area contributed by atoms with Crippen LogP contribution in [0.15, 0.2) is 59.3 Å². The van der Waals surface area contributed by atoms with E-state index >= 15 is 0 Å². The van der Waals surface area contributed by atoms with Crippen molar-refractivity contribution in [2.45, 2.75) is 18.4 Å². The smallest absolute Gasteiger partial charge is 0.242 e. The second-order valence-corrected chi connectivity index (χ2v) is 9.10. The lowest BCUT2D eigenvalue weighted by atomic mass is 10.0. The van der Waals surface area contributed by atoms with Crippen LogP contribution in [-0.4, -0.2) is 43.0 Å². The highest BCUT2D eigenvalue weighted by atomic mass is 35.5. The Hall–Kier alpha value is -2.39. The van der Waals surface area contributed by atoms with Crippen LogP contribution in [0.3, 0.4) is 0 Å². The molecule has 0 saturated carbocycles. The number of nitrogens with two attached hydrogens (primary N) is 1. The molecule has 9 heteroatoms. The Morgan fingerprint density at radius 2 is 1.93 bits per heavy atom. The molecule has 1 heterocycles. The molecule has 0 unspecified atom stereocenters. The Morgan fingerprint density at radius 1 is 1.23 bits per heavy atom. The van der Waals surface area contributed by atoms with Gasteiger partial charge in [-0.1, -0.05) is 12.1 Å². The number of sulfonamides is 1. The van der Waals surface area contributed by atoms with E-state index in [4.69, 9.17) is 5.73 Å². The summed E-state index contributed by atoms with van der Waals surface area (Å²) in [6, 6.07) is 11.5. The highest BCUT2D eigenvalue weighted by molar-refractivity contribution is 7.89. The summed E-state index contributed by atoms with van der Waals surface area (Å²) >= 11 is 0. The summed E-state index contributed by atoms with van der Waals surface area (Å²) in [5.41, 5.74) is 8.31. The summed E-state index contributed by atoms with van der Waals surface area (Å²) in [6.07, 6.45) is 1.32. The van der Waals surface area contributed by atoms with E-state index in [9.17, 15) is 17.9 Å². The molecule has 0 spiro atoms. The number of nitrogens with zero attached hydrogens (tertiary/aromatic N) is 2. The number of aromatic nitrogens is 1. The monoisotopic (exact) mass is 453 g/mol. The Bertz CT molecular complexity index is 1200. The van der Waals surface area contributed by atoms with Crippen LogP contribution in [0.4, 0.5) is 4.39 Å². The number of aromatic hydroxyl groups is 1. The van der Waals surface area contributed by atoms with Crippen molar-refractivity contribution in [3.05, 3.63) is 60.1 Å². The minimum absolute atomic E-state index is 0. The molecule has 3 aromatic rings. The van der Waals surface area contributed by atoms with Crippen molar-refractivity contribution in [1.29, 1.82) is 0 Å². The standard InChI is InChI=1S/C21H24FN3O3S.ClH/c1-14-21(15-5-4-6-18(11-15)29(27,28)24(2)3)19-12-17(26)7-8-20(19)25(14)13-16(22)9-10-23;/h4-9,11-12,26H,10,13,23H2,1-3H3;1H. The topological polar surface area (TPSA) is 88.6 Å². The number of halogens is 2. The fourth-order valence-corrected chi connectivity index (χ4v) is 4.35. The zero-order valence-electron chi connectivity index (χ0n) is 17.0. The number of benzene rings is 2. The summed E-state index contributed by atoms with van der Waals surface area (Å²) < 4.78 is 42.3. The quantitative estimate of drug-likeness (QED) is 0.594. The fraction of sp³-hybridized carbons (Fsp3) is 0.238. The minimum Gasteiger partial charge on any atom is -0.508 e. The number of allylic oxidation sites excluding steroid dienone is 1. The van der Waals surface area contributed by atoms with Crippen molar-refractivity contribution < 1.29 is 17.9 Å². The molecule has 3 rings (SSSR count). The number of rotatable bonds is 6. The van der Waals surface area contributed by atoms with Crippen LogP contribution in [0, 0.1) is 6.92 Å². The van der Waals surface area contributed by atoms with Gasteiger partial charge in [-0.15, -0.1) is 12.4 Å². The van der Waals surface area contributed by atoms with E-state index in [0.29, 0.717) is 10.9 Å². The summed E-state index contributed by atoms with van der Waals surface area (Å²) in [6.45, 7) is 1.94. The molecule has 30 heavy (non-hydrogen) atoms. The average Bonchev–Trinajstić information content (AvgIpc) is 2.92. The van der Waals surface area contributed by atoms with Gasteiger partial charge in [0, 0.05) is 42.8 Å². The van der Waals surface area contributed by atoms with E-state index in [1.807, 2.05) is 6.92 Å². The molecule has 6 nitrogen and oxygen atoms in total. The molecular weight excluding hydrogens is 429 g/mol. The van der Waals surface area contributed by atoms with E-state index in [-0.39, 0.29) is 42.0 Å². The Kier molecular flexibility index (Phi) is 7.31. The first-order valence-electron chi connectivity index (χ1n) is 9.06. The normalized spacial score (nSPS) is 12.4. The predicted octanol–water partition coefficient (Wildman–Crippen LogP) is 3.81. The third kappa shape index (κ3) is 4.37. The number of phenols is 1. The summed E-state index contributed by atoms with van der Waals surface area (Å²) in [5.74, 6) is -0.290. The van der Waals surface area contributed by atoms with Crippen LogP contribution in [0.2, 0.25) is 0 Å². The van der Waals surface area contributed by atoms with Gasteiger partial charge < -0.3 is 15.4 Å². The zero-order valence-corrected chi connectivity index (χ0v) is 18.6. The maximum atomic E-state index is 14.2. The summed E-state index contributed by atoms with van der Waals surface area (Å²) in [5, 5.41) is 10.7. The largest absolute Gasteiger partial charge is 0.508 e. The van der Waals surface area contributed by atoms with E-state index in [1.54, 1.807) is 41.0 Å². The van der Waals surface area contributed by atoms with Gasteiger partial charge in [-0.25, -0.2) is 17.1 Å². The van der Waals surface area contributed by atoms with Gasteiger partial charge in [0.1, 0.15) is 11.6 Å². The van der Waals surface area contributed by atoms with Gasteiger partial charge in [-0.3, -0.25) is 0 Å². The van der Waals surface area contributed by atoms with Crippen molar-refractivity contribution in [3.63, 3.8) is 0 Å². The highest BCUT2D eigenvalue weighted by Gasteiger charge is 2.21. The molecule has 0 fully saturated rings. The fourth-order valence-electron chi connectivity index (χ4n) is 3.40. The molecule has 3 N–H and O–H groups in total. The number of fused-ring (bicyclic) bond motifs is 1. The molecule has 0 bridgehead atoms. The Morgan fingerprint density at radius 3 is 2.57 bits per heavy atom. The highest BCUT2D eigenvalue weighted by Crippen LogP contribution is 2.37. The molecule has 0 atom stereocenters. The van der Waals surface area contributed by atoms with Gasteiger partial charge in [-0.05, 0) is 48.9 Å². The third-order valence-corrected chi connectivity index (χ3v) is 6.67. The van der Waals surface area contributed by atoms with Crippen LogP contribution in [0.1, 0.15) is 5.69 Å². The molecule has 0 aliphatic heterocycles. The molecule has 0 aliphatic carbocycles. The van der Waals surface area contributed by atoms with E-state index in [2.05, 4.69) is 0 Å².